The molecule has 0 unspecified atom stereocenters. The monoisotopic (exact) mass is 347 g/mol. The van der Waals surface area contributed by atoms with E-state index in [9.17, 15) is 13.2 Å². The second-order valence-electron chi connectivity index (χ2n) is 4.95. The van der Waals surface area contributed by atoms with Crippen molar-refractivity contribution in [3.63, 3.8) is 0 Å². The van der Waals surface area contributed by atoms with Crippen LogP contribution in [0.4, 0.5) is 13.2 Å². The average molecular weight is 347 g/mol. The zero-order chi connectivity index (χ0) is 17.8. The molecular formula is C16H24F3N3O2. The van der Waals surface area contributed by atoms with Crippen LogP contribution in [0.3, 0.4) is 0 Å². The standard InChI is InChI=1S/C16H24F3N3O2/c1-3-23-10-4-9-21-15(20-2)22-11-13-5-7-14(8-6-13)24-12-16(17,18)19/h5-8H,3-4,9-12H2,1-2H3,(H2,20,21,22). The van der Waals surface area contributed by atoms with E-state index in [0.29, 0.717) is 25.7 Å². The molecule has 0 fully saturated rings. The molecule has 0 atom stereocenters. The summed E-state index contributed by atoms with van der Waals surface area (Å²) in [5.74, 6) is 0.846. The number of hydrogen-bond acceptors (Lipinski definition) is 3. The van der Waals surface area contributed by atoms with Crippen LogP contribution in [-0.2, 0) is 11.3 Å². The Bertz CT molecular complexity index is 490. The van der Waals surface area contributed by atoms with Crippen molar-refractivity contribution in [3.8, 4) is 5.75 Å². The number of alkyl halides is 3. The highest BCUT2D eigenvalue weighted by Gasteiger charge is 2.28. The van der Waals surface area contributed by atoms with Crippen molar-refractivity contribution < 1.29 is 22.6 Å². The quantitative estimate of drug-likeness (QED) is 0.410. The smallest absolute Gasteiger partial charge is 0.422 e. The number of halogens is 3. The predicted molar refractivity (Wildman–Crippen MR) is 87.3 cm³/mol. The van der Waals surface area contributed by atoms with Crippen LogP contribution in [0.25, 0.3) is 0 Å². The Morgan fingerprint density at radius 1 is 1.17 bits per heavy atom. The highest BCUT2D eigenvalue weighted by Crippen LogP contribution is 2.18. The van der Waals surface area contributed by atoms with Crippen molar-refractivity contribution in [2.45, 2.75) is 26.1 Å². The molecule has 0 aromatic heterocycles. The van der Waals surface area contributed by atoms with Crippen molar-refractivity contribution >= 4 is 5.96 Å². The van der Waals surface area contributed by atoms with Gasteiger partial charge in [0.25, 0.3) is 0 Å². The van der Waals surface area contributed by atoms with Crippen molar-refractivity contribution in [2.75, 3.05) is 33.4 Å². The van der Waals surface area contributed by atoms with E-state index in [1.807, 2.05) is 6.92 Å². The van der Waals surface area contributed by atoms with Crippen molar-refractivity contribution in [1.29, 1.82) is 0 Å². The molecule has 1 aromatic carbocycles. The maximum absolute atomic E-state index is 12.1. The van der Waals surface area contributed by atoms with Gasteiger partial charge in [0.1, 0.15) is 5.75 Å². The highest BCUT2D eigenvalue weighted by molar-refractivity contribution is 5.79. The Balaban J connectivity index is 2.32. The van der Waals surface area contributed by atoms with Gasteiger partial charge in [-0.25, -0.2) is 0 Å². The van der Waals surface area contributed by atoms with Crippen LogP contribution < -0.4 is 15.4 Å². The van der Waals surface area contributed by atoms with Crippen LogP contribution >= 0.6 is 0 Å². The molecule has 0 heterocycles. The molecule has 0 bridgehead atoms. The number of nitrogens with one attached hydrogen (secondary N) is 2. The molecule has 2 N–H and O–H groups in total. The molecule has 0 amide bonds. The first-order valence-corrected chi connectivity index (χ1v) is 7.75. The lowest BCUT2D eigenvalue weighted by Crippen LogP contribution is -2.37. The summed E-state index contributed by atoms with van der Waals surface area (Å²) in [6, 6.07) is 6.45. The largest absolute Gasteiger partial charge is 0.484 e. The average Bonchev–Trinajstić information content (AvgIpc) is 2.56. The van der Waals surface area contributed by atoms with Crippen LogP contribution in [0.5, 0.6) is 5.75 Å². The van der Waals surface area contributed by atoms with Gasteiger partial charge in [-0.2, -0.15) is 13.2 Å². The van der Waals surface area contributed by atoms with Gasteiger partial charge in [0.2, 0.25) is 0 Å². The van der Waals surface area contributed by atoms with Gasteiger partial charge in [-0.3, -0.25) is 4.99 Å². The molecule has 0 saturated carbocycles. The molecule has 8 heteroatoms. The van der Waals surface area contributed by atoms with Gasteiger partial charge >= 0.3 is 6.18 Å². The van der Waals surface area contributed by atoms with E-state index in [-0.39, 0.29) is 5.75 Å². The summed E-state index contributed by atoms with van der Waals surface area (Å²) in [4.78, 5) is 4.10. The molecular weight excluding hydrogens is 323 g/mol. The summed E-state index contributed by atoms with van der Waals surface area (Å²) >= 11 is 0. The van der Waals surface area contributed by atoms with Crippen LogP contribution in [0.2, 0.25) is 0 Å². The summed E-state index contributed by atoms with van der Waals surface area (Å²) in [6.45, 7) is 3.31. The third kappa shape index (κ3) is 9.24. The molecule has 0 aliphatic heterocycles. The molecule has 24 heavy (non-hydrogen) atoms. The normalized spacial score (nSPS) is 12.1. The third-order valence-electron chi connectivity index (χ3n) is 2.97. The molecule has 0 aliphatic rings. The van der Waals surface area contributed by atoms with E-state index in [2.05, 4.69) is 20.4 Å². The lowest BCUT2D eigenvalue weighted by Gasteiger charge is -2.13. The molecule has 136 valence electrons. The number of ether oxygens (including phenoxy) is 2. The first-order chi connectivity index (χ1) is 11.4. The van der Waals surface area contributed by atoms with Crippen LogP contribution in [0.1, 0.15) is 18.9 Å². The Labute approximate surface area is 140 Å². The molecule has 1 aromatic rings. The number of aliphatic imine (C=N–C) groups is 1. The van der Waals surface area contributed by atoms with Gasteiger partial charge in [0.15, 0.2) is 12.6 Å². The van der Waals surface area contributed by atoms with Gasteiger partial charge < -0.3 is 20.1 Å². The maximum atomic E-state index is 12.1. The summed E-state index contributed by atoms with van der Waals surface area (Å²) in [5.41, 5.74) is 0.909. The minimum atomic E-state index is -4.33. The fourth-order valence-corrected chi connectivity index (χ4v) is 1.80. The molecule has 0 saturated heterocycles. The summed E-state index contributed by atoms with van der Waals surface area (Å²) < 4.78 is 46.1. The number of nitrogens with zero attached hydrogens (tertiary/aromatic N) is 1. The van der Waals surface area contributed by atoms with E-state index in [1.165, 1.54) is 12.1 Å². The zero-order valence-corrected chi connectivity index (χ0v) is 13.9. The molecule has 5 nitrogen and oxygen atoms in total. The molecule has 1 rings (SSSR count). The number of benzene rings is 1. The Kier molecular flexibility index (Phi) is 8.99. The minimum Gasteiger partial charge on any atom is -0.484 e. The summed E-state index contributed by atoms with van der Waals surface area (Å²) in [6.07, 6.45) is -3.46. The highest BCUT2D eigenvalue weighted by atomic mass is 19.4. The molecule has 0 radical (unpaired) electrons. The second-order valence-corrected chi connectivity index (χ2v) is 4.95. The first kappa shape index (κ1) is 20.1. The number of guanidine groups is 1. The lowest BCUT2D eigenvalue weighted by atomic mass is 10.2. The van der Waals surface area contributed by atoms with E-state index in [1.54, 1.807) is 19.2 Å². The van der Waals surface area contributed by atoms with E-state index in [4.69, 9.17) is 4.74 Å². The fraction of sp³-hybridized carbons (Fsp3) is 0.562. The maximum Gasteiger partial charge on any atom is 0.422 e. The SMILES string of the molecule is CCOCCCNC(=NC)NCc1ccc(OCC(F)(F)F)cc1. The van der Waals surface area contributed by atoms with E-state index in [0.717, 1.165) is 18.5 Å². The molecule has 0 aliphatic carbocycles. The second kappa shape index (κ2) is 10.7. The van der Waals surface area contributed by atoms with Gasteiger partial charge in [0, 0.05) is 33.4 Å². The van der Waals surface area contributed by atoms with E-state index >= 15 is 0 Å². The van der Waals surface area contributed by atoms with Gasteiger partial charge in [0.05, 0.1) is 0 Å². The van der Waals surface area contributed by atoms with Crippen LogP contribution in [0, 0.1) is 0 Å². The third-order valence-corrected chi connectivity index (χ3v) is 2.97. The van der Waals surface area contributed by atoms with Crippen molar-refractivity contribution in [3.05, 3.63) is 29.8 Å². The van der Waals surface area contributed by atoms with Crippen molar-refractivity contribution in [2.24, 2.45) is 4.99 Å². The van der Waals surface area contributed by atoms with Crippen LogP contribution in [-0.4, -0.2) is 45.5 Å². The lowest BCUT2D eigenvalue weighted by molar-refractivity contribution is -0.153. The predicted octanol–water partition coefficient (Wildman–Crippen LogP) is 2.72. The first-order valence-electron chi connectivity index (χ1n) is 7.75. The fourth-order valence-electron chi connectivity index (χ4n) is 1.80. The van der Waals surface area contributed by atoms with Crippen LogP contribution in [0.15, 0.2) is 29.3 Å². The molecule has 0 spiro atoms. The Hall–Kier alpha value is -1.96. The van der Waals surface area contributed by atoms with Gasteiger partial charge in [-0.05, 0) is 31.0 Å². The van der Waals surface area contributed by atoms with Gasteiger partial charge in [-0.15, -0.1) is 0 Å². The summed E-state index contributed by atoms with van der Waals surface area (Å²) in [7, 11) is 1.67. The minimum absolute atomic E-state index is 0.189. The summed E-state index contributed by atoms with van der Waals surface area (Å²) in [5, 5.41) is 6.29. The van der Waals surface area contributed by atoms with Gasteiger partial charge in [-0.1, -0.05) is 12.1 Å². The zero-order valence-electron chi connectivity index (χ0n) is 13.9. The number of rotatable bonds is 9. The Morgan fingerprint density at radius 2 is 1.88 bits per heavy atom. The Morgan fingerprint density at radius 3 is 2.46 bits per heavy atom. The van der Waals surface area contributed by atoms with E-state index < -0.39 is 12.8 Å². The number of hydrogen-bond donors (Lipinski definition) is 2. The van der Waals surface area contributed by atoms with Crippen molar-refractivity contribution in [1.82, 2.24) is 10.6 Å². The topological polar surface area (TPSA) is 54.9 Å².